The summed E-state index contributed by atoms with van der Waals surface area (Å²) in [4.78, 5) is 13.8. The number of pyridine rings is 1. The molecule has 3 heteroatoms. The normalized spacial score (nSPS) is 16.4. The van der Waals surface area contributed by atoms with E-state index in [-0.39, 0.29) is 5.75 Å². The van der Waals surface area contributed by atoms with E-state index in [0.717, 1.165) is 18.5 Å². The monoisotopic (exact) mass is 191 g/mol. The van der Waals surface area contributed by atoms with Crippen LogP contribution in [0.25, 0.3) is 5.57 Å². The molecule has 0 unspecified atom stereocenters. The van der Waals surface area contributed by atoms with Crippen LogP contribution in [0.4, 0.5) is 0 Å². The Morgan fingerprint density at radius 3 is 2.79 bits per heavy atom. The predicted octanol–water partition coefficient (Wildman–Crippen LogP) is 2.04. The molecule has 0 aromatic carbocycles. The molecule has 14 heavy (non-hydrogen) atoms. The lowest BCUT2D eigenvalue weighted by Crippen LogP contribution is -2.08. The van der Waals surface area contributed by atoms with Gasteiger partial charge in [0.05, 0.1) is 0 Å². The van der Waals surface area contributed by atoms with Gasteiger partial charge in [-0.1, -0.05) is 6.08 Å². The van der Waals surface area contributed by atoms with E-state index < -0.39 is 5.56 Å². The first kappa shape index (κ1) is 9.06. The molecule has 0 saturated heterocycles. The van der Waals surface area contributed by atoms with Gasteiger partial charge < -0.3 is 10.1 Å². The lowest BCUT2D eigenvalue weighted by atomic mass is 9.97. The van der Waals surface area contributed by atoms with Crippen LogP contribution >= 0.6 is 0 Å². The van der Waals surface area contributed by atoms with E-state index in [4.69, 9.17) is 5.11 Å². The lowest BCUT2D eigenvalue weighted by molar-refractivity contribution is 0.466. The van der Waals surface area contributed by atoms with Gasteiger partial charge in [0.2, 0.25) is 0 Å². The van der Waals surface area contributed by atoms with E-state index in [0.29, 0.717) is 0 Å². The Kier molecular flexibility index (Phi) is 2.39. The maximum atomic E-state index is 11.1. The Hall–Kier alpha value is -1.51. The Balaban J connectivity index is 2.37. The largest absolute Gasteiger partial charge is 0.503 e. The number of aromatic hydroxyl groups is 1. The second-order valence-electron chi connectivity index (χ2n) is 3.56. The second kappa shape index (κ2) is 3.70. The molecule has 0 radical (unpaired) electrons. The molecule has 0 bridgehead atoms. The molecule has 0 atom stereocenters. The number of nitrogens with one attached hydrogen (secondary N) is 1. The summed E-state index contributed by atoms with van der Waals surface area (Å²) >= 11 is 0. The van der Waals surface area contributed by atoms with Crippen LogP contribution in [0.5, 0.6) is 5.75 Å². The molecule has 2 rings (SSSR count). The van der Waals surface area contributed by atoms with Crippen molar-refractivity contribution in [2.24, 2.45) is 0 Å². The van der Waals surface area contributed by atoms with Crippen molar-refractivity contribution in [3.63, 3.8) is 0 Å². The molecule has 0 aliphatic heterocycles. The summed E-state index contributed by atoms with van der Waals surface area (Å²) in [6.45, 7) is 0. The van der Waals surface area contributed by atoms with Crippen molar-refractivity contribution in [2.75, 3.05) is 0 Å². The van der Waals surface area contributed by atoms with Crippen molar-refractivity contribution in [3.05, 3.63) is 34.3 Å². The van der Waals surface area contributed by atoms with Crippen molar-refractivity contribution in [1.29, 1.82) is 0 Å². The van der Waals surface area contributed by atoms with Crippen LogP contribution in [-0.4, -0.2) is 10.1 Å². The zero-order chi connectivity index (χ0) is 9.97. The third-order valence-electron chi connectivity index (χ3n) is 2.53. The number of aromatic nitrogens is 1. The van der Waals surface area contributed by atoms with Crippen LogP contribution < -0.4 is 5.56 Å². The molecule has 1 aliphatic rings. The molecule has 2 N–H and O–H groups in total. The van der Waals surface area contributed by atoms with Gasteiger partial charge >= 0.3 is 0 Å². The Morgan fingerprint density at radius 1 is 1.29 bits per heavy atom. The van der Waals surface area contributed by atoms with Crippen molar-refractivity contribution in [3.8, 4) is 5.75 Å². The van der Waals surface area contributed by atoms with Crippen molar-refractivity contribution in [1.82, 2.24) is 4.98 Å². The van der Waals surface area contributed by atoms with E-state index in [1.165, 1.54) is 24.5 Å². The fourth-order valence-electron chi connectivity index (χ4n) is 1.74. The first-order valence-electron chi connectivity index (χ1n) is 4.89. The number of rotatable bonds is 1. The maximum absolute atomic E-state index is 11.1. The average Bonchev–Trinajstić information content (AvgIpc) is 2.23. The zero-order valence-electron chi connectivity index (χ0n) is 7.92. The Labute approximate surface area is 82.1 Å². The quantitative estimate of drug-likeness (QED) is 0.713. The minimum absolute atomic E-state index is 0.217. The summed E-state index contributed by atoms with van der Waals surface area (Å²) in [5.74, 6) is -0.217. The second-order valence-corrected chi connectivity index (χ2v) is 3.56. The van der Waals surface area contributed by atoms with Gasteiger partial charge in [-0.05, 0) is 43.4 Å². The highest BCUT2D eigenvalue weighted by Crippen LogP contribution is 2.24. The van der Waals surface area contributed by atoms with Gasteiger partial charge in [0, 0.05) is 5.69 Å². The van der Waals surface area contributed by atoms with Crippen LogP contribution in [0.3, 0.4) is 0 Å². The molecule has 0 fully saturated rings. The number of aromatic amines is 1. The summed E-state index contributed by atoms with van der Waals surface area (Å²) in [5.41, 5.74) is 1.62. The number of allylic oxidation sites excluding steroid dienone is 2. The minimum Gasteiger partial charge on any atom is -0.503 e. The molecule has 0 spiro atoms. The fourth-order valence-corrected chi connectivity index (χ4v) is 1.74. The van der Waals surface area contributed by atoms with Crippen molar-refractivity contribution >= 4 is 5.57 Å². The fraction of sp³-hybridized carbons (Fsp3) is 0.364. The molecule has 74 valence electrons. The highest BCUT2D eigenvalue weighted by atomic mass is 16.3. The predicted molar refractivity (Wildman–Crippen MR) is 55.2 cm³/mol. The van der Waals surface area contributed by atoms with Crippen molar-refractivity contribution < 1.29 is 5.11 Å². The molecule has 0 amide bonds. The molecule has 1 heterocycles. The standard InChI is InChI=1S/C11H13NO2/c13-10-7-6-9(12-11(10)14)8-4-2-1-3-5-8/h4,6-7,13H,1-3,5H2,(H,12,14). The SMILES string of the molecule is O=c1[nH]c(C2=CCCCC2)ccc1O. The molecule has 0 saturated carbocycles. The van der Waals surface area contributed by atoms with E-state index in [2.05, 4.69) is 11.1 Å². The van der Waals surface area contributed by atoms with E-state index in [1.807, 2.05) is 0 Å². The molecule has 1 aromatic heterocycles. The van der Waals surface area contributed by atoms with Gasteiger partial charge in [-0.25, -0.2) is 0 Å². The number of H-pyrrole nitrogens is 1. The van der Waals surface area contributed by atoms with Gasteiger partial charge in [-0.15, -0.1) is 0 Å². The van der Waals surface area contributed by atoms with E-state index in [1.54, 1.807) is 6.07 Å². The van der Waals surface area contributed by atoms with Gasteiger partial charge in [0.15, 0.2) is 5.75 Å². The number of hydrogen-bond acceptors (Lipinski definition) is 2. The van der Waals surface area contributed by atoms with Crippen LogP contribution in [-0.2, 0) is 0 Å². The summed E-state index contributed by atoms with van der Waals surface area (Å²) in [5, 5.41) is 9.08. The van der Waals surface area contributed by atoms with E-state index >= 15 is 0 Å². The zero-order valence-corrected chi connectivity index (χ0v) is 7.92. The van der Waals surface area contributed by atoms with Gasteiger partial charge in [-0.2, -0.15) is 0 Å². The highest BCUT2D eigenvalue weighted by Gasteiger charge is 2.07. The lowest BCUT2D eigenvalue weighted by Gasteiger charge is -2.12. The topological polar surface area (TPSA) is 53.1 Å². The maximum Gasteiger partial charge on any atom is 0.290 e. The summed E-state index contributed by atoms with van der Waals surface area (Å²) in [6, 6.07) is 3.21. The third-order valence-corrected chi connectivity index (χ3v) is 2.53. The minimum atomic E-state index is -0.408. The van der Waals surface area contributed by atoms with Gasteiger partial charge in [-0.3, -0.25) is 4.79 Å². The molecule has 1 aromatic rings. The Bertz CT molecular complexity index is 418. The third kappa shape index (κ3) is 1.71. The van der Waals surface area contributed by atoms with Crippen LogP contribution in [0.1, 0.15) is 31.4 Å². The molecule has 3 nitrogen and oxygen atoms in total. The van der Waals surface area contributed by atoms with Crippen LogP contribution in [0, 0.1) is 0 Å². The van der Waals surface area contributed by atoms with Crippen molar-refractivity contribution in [2.45, 2.75) is 25.7 Å². The molecular weight excluding hydrogens is 178 g/mol. The average molecular weight is 191 g/mol. The van der Waals surface area contributed by atoms with Gasteiger partial charge in [0.1, 0.15) is 0 Å². The Morgan fingerprint density at radius 2 is 2.14 bits per heavy atom. The summed E-state index contributed by atoms with van der Waals surface area (Å²) < 4.78 is 0. The smallest absolute Gasteiger partial charge is 0.290 e. The number of hydrogen-bond donors (Lipinski definition) is 2. The van der Waals surface area contributed by atoms with Crippen LogP contribution in [0.15, 0.2) is 23.0 Å². The van der Waals surface area contributed by atoms with Crippen LogP contribution in [0.2, 0.25) is 0 Å². The molecular formula is C11H13NO2. The first-order valence-corrected chi connectivity index (χ1v) is 4.89. The molecule has 1 aliphatic carbocycles. The first-order chi connectivity index (χ1) is 6.77. The summed E-state index contributed by atoms with van der Waals surface area (Å²) in [6.07, 6.45) is 6.66. The highest BCUT2D eigenvalue weighted by molar-refractivity contribution is 5.63. The van der Waals surface area contributed by atoms with E-state index in [9.17, 15) is 4.79 Å². The summed E-state index contributed by atoms with van der Waals surface area (Å²) in [7, 11) is 0. The van der Waals surface area contributed by atoms with Gasteiger partial charge in [0.25, 0.3) is 5.56 Å².